The fraction of sp³-hybridized carbons (Fsp3) is 0.385. The van der Waals surface area contributed by atoms with E-state index in [9.17, 15) is 25.1 Å². The molecule has 0 aliphatic rings. The molecule has 0 radical (unpaired) electrons. The van der Waals surface area contributed by atoms with E-state index in [4.69, 9.17) is 5.26 Å². The largest absolute Gasteiger partial charge is 0.390 e. The maximum atomic E-state index is 10.8. The average Bonchev–Trinajstić information content (AvgIpc) is 2.45. The molecule has 0 bridgehead atoms. The molecule has 0 heterocycles. The second kappa shape index (κ2) is 7.33. The molecule has 0 spiro atoms. The van der Waals surface area contributed by atoms with Crippen LogP contribution in [0.5, 0.6) is 0 Å². The zero-order chi connectivity index (χ0) is 16.0. The molecule has 8 nitrogen and oxygen atoms in total. The number of non-ortho nitro benzene ring substituents is 1. The molecule has 3 N–H and O–H groups in total. The lowest BCUT2D eigenvalue weighted by atomic mass is 9.99. The third-order valence-corrected chi connectivity index (χ3v) is 2.80. The summed E-state index contributed by atoms with van der Waals surface area (Å²) in [7, 11) is 0. The summed E-state index contributed by atoms with van der Waals surface area (Å²) in [4.78, 5) is 20.8. The average molecular weight is 293 g/mol. The number of nitrogens with one attached hydrogen (secondary N) is 1. The van der Waals surface area contributed by atoms with Crippen LogP contribution >= 0.6 is 0 Å². The van der Waals surface area contributed by atoms with Crippen LogP contribution in [0.1, 0.15) is 30.6 Å². The third-order valence-electron chi connectivity index (χ3n) is 2.80. The van der Waals surface area contributed by atoms with Gasteiger partial charge in [-0.05, 0) is 18.1 Å². The molecule has 1 aromatic carbocycles. The van der Waals surface area contributed by atoms with Crippen LogP contribution in [0.25, 0.3) is 0 Å². The fourth-order valence-corrected chi connectivity index (χ4v) is 1.75. The van der Waals surface area contributed by atoms with Crippen molar-refractivity contribution in [2.24, 2.45) is 0 Å². The first-order chi connectivity index (χ1) is 9.85. The van der Waals surface area contributed by atoms with E-state index in [-0.39, 0.29) is 35.7 Å². The first kappa shape index (κ1) is 16.6. The van der Waals surface area contributed by atoms with Crippen LogP contribution in [0, 0.1) is 21.4 Å². The Morgan fingerprint density at radius 2 is 2.14 bits per heavy atom. The van der Waals surface area contributed by atoms with Crippen molar-refractivity contribution in [3.8, 4) is 6.07 Å². The number of amides is 1. The Balaban J connectivity index is 2.88. The van der Waals surface area contributed by atoms with Crippen LogP contribution in [0.2, 0.25) is 0 Å². The molecule has 21 heavy (non-hydrogen) atoms. The zero-order valence-corrected chi connectivity index (χ0v) is 11.3. The van der Waals surface area contributed by atoms with Crippen molar-refractivity contribution < 1.29 is 19.9 Å². The Hall–Kier alpha value is -2.50. The number of aliphatic hydroxyl groups excluding tert-OH is 2. The number of nitro benzene ring substituents is 1. The highest BCUT2D eigenvalue weighted by molar-refractivity contribution is 5.72. The van der Waals surface area contributed by atoms with E-state index in [2.05, 4.69) is 5.32 Å². The lowest BCUT2D eigenvalue weighted by Crippen LogP contribution is -2.27. The molecule has 8 heteroatoms. The number of hydrogen-bond acceptors (Lipinski definition) is 6. The van der Waals surface area contributed by atoms with E-state index in [0.717, 1.165) is 12.1 Å². The molecule has 0 aliphatic heterocycles. The van der Waals surface area contributed by atoms with Crippen LogP contribution in [0.3, 0.4) is 0 Å². The van der Waals surface area contributed by atoms with Gasteiger partial charge in [0.25, 0.3) is 5.69 Å². The molecule has 1 amide bonds. The van der Waals surface area contributed by atoms with Gasteiger partial charge in [0, 0.05) is 25.6 Å². The van der Waals surface area contributed by atoms with Crippen molar-refractivity contribution in [2.45, 2.75) is 25.6 Å². The maximum Gasteiger partial charge on any atom is 0.271 e. The lowest BCUT2D eigenvalue weighted by Gasteiger charge is -2.18. The number of rotatable bonds is 6. The second-order valence-corrected chi connectivity index (χ2v) is 4.47. The van der Waals surface area contributed by atoms with Crippen molar-refractivity contribution in [1.29, 1.82) is 5.26 Å². The number of nitro groups is 1. The van der Waals surface area contributed by atoms with Crippen molar-refractivity contribution >= 4 is 11.6 Å². The summed E-state index contributed by atoms with van der Waals surface area (Å²) in [5.74, 6) is -0.265. The molecule has 1 aromatic rings. The van der Waals surface area contributed by atoms with E-state index >= 15 is 0 Å². The van der Waals surface area contributed by atoms with E-state index in [0.29, 0.717) is 0 Å². The minimum Gasteiger partial charge on any atom is -0.390 e. The maximum absolute atomic E-state index is 10.8. The number of carbonyl (C=O) groups is 1. The fourth-order valence-electron chi connectivity index (χ4n) is 1.75. The molecular weight excluding hydrogens is 278 g/mol. The quantitative estimate of drug-likeness (QED) is 0.512. The molecule has 1 rings (SSSR count). The highest BCUT2D eigenvalue weighted by atomic mass is 16.6. The first-order valence-corrected chi connectivity index (χ1v) is 6.15. The third kappa shape index (κ3) is 4.83. The van der Waals surface area contributed by atoms with Gasteiger partial charge in [-0.3, -0.25) is 14.9 Å². The van der Waals surface area contributed by atoms with E-state index in [1.54, 1.807) is 6.07 Å². The summed E-state index contributed by atoms with van der Waals surface area (Å²) in [6.45, 7) is 1.48. The smallest absolute Gasteiger partial charge is 0.271 e. The SMILES string of the molecule is CC(=O)NCCC(O)C(O)c1cc(C#N)cc([N+](=O)[O-])c1. The number of nitrogens with zero attached hydrogens (tertiary/aromatic N) is 2. The Morgan fingerprint density at radius 3 is 2.67 bits per heavy atom. The van der Waals surface area contributed by atoms with E-state index < -0.39 is 17.1 Å². The minimum atomic E-state index is -1.38. The Labute approximate surface area is 120 Å². The Morgan fingerprint density at radius 1 is 1.48 bits per heavy atom. The molecule has 0 saturated carbocycles. The molecule has 0 aromatic heterocycles. The van der Waals surface area contributed by atoms with Crippen molar-refractivity contribution in [3.63, 3.8) is 0 Å². The highest BCUT2D eigenvalue weighted by Gasteiger charge is 2.21. The van der Waals surface area contributed by atoms with Crippen LogP contribution < -0.4 is 5.32 Å². The summed E-state index contributed by atoms with van der Waals surface area (Å²) >= 11 is 0. The summed E-state index contributed by atoms with van der Waals surface area (Å²) in [5, 5.41) is 41.9. The Kier molecular flexibility index (Phi) is 5.78. The molecular formula is C13H15N3O5. The van der Waals surface area contributed by atoms with Crippen molar-refractivity contribution in [2.75, 3.05) is 6.54 Å². The topological polar surface area (TPSA) is 136 Å². The summed E-state index contributed by atoms with van der Waals surface area (Å²) in [6, 6.07) is 5.22. The lowest BCUT2D eigenvalue weighted by molar-refractivity contribution is -0.385. The molecule has 2 atom stereocenters. The van der Waals surface area contributed by atoms with E-state index in [1.165, 1.54) is 13.0 Å². The highest BCUT2D eigenvalue weighted by Crippen LogP contribution is 2.25. The summed E-state index contributed by atoms with van der Waals surface area (Å²) in [5.41, 5.74) is -0.236. The van der Waals surface area contributed by atoms with Gasteiger partial charge >= 0.3 is 0 Å². The van der Waals surface area contributed by atoms with Crippen LogP contribution in [-0.4, -0.2) is 33.7 Å². The van der Waals surface area contributed by atoms with Gasteiger partial charge in [-0.15, -0.1) is 0 Å². The van der Waals surface area contributed by atoms with E-state index in [1.807, 2.05) is 0 Å². The van der Waals surface area contributed by atoms with Gasteiger partial charge in [0.15, 0.2) is 0 Å². The van der Waals surface area contributed by atoms with Gasteiger partial charge in [0.05, 0.1) is 22.7 Å². The summed E-state index contributed by atoms with van der Waals surface area (Å²) < 4.78 is 0. The number of benzene rings is 1. The van der Waals surface area contributed by atoms with Gasteiger partial charge in [-0.25, -0.2) is 0 Å². The van der Waals surface area contributed by atoms with Crippen molar-refractivity contribution in [1.82, 2.24) is 5.32 Å². The number of nitriles is 1. The standard InChI is InChI=1S/C13H15N3O5/c1-8(17)15-3-2-12(18)13(19)10-4-9(7-14)5-11(6-10)16(20)21/h4-6,12-13,18-19H,2-3H2,1H3,(H,15,17). The predicted octanol–water partition coefficient (Wildman–Crippen LogP) is 0.387. The molecule has 0 saturated heterocycles. The second-order valence-electron chi connectivity index (χ2n) is 4.47. The van der Waals surface area contributed by atoms with Gasteiger partial charge in [0.1, 0.15) is 6.10 Å². The molecule has 112 valence electrons. The normalized spacial score (nSPS) is 13.0. The van der Waals surface area contributed by atoms with Gasteiger partial charge in [0.2, 0.25) is 5.91 Å². The molecule has 0 fully saturated rings. The van der Waals surface area contributed by atoms with Gasteiger partial charge in [-0.2, -0.15) is 5.26 Å². The van der Waals surface area contributed by atoms with Crippen LogP contribution in [-0.2, 0) is 4.79 Å². The number of aliphatic hydroxyl groups is 2. The Bertz CT molecular complexity index is 582. The summed E-state index contributed by atoms with van der Waals surface area (Å²) in [6.07, 6.45) is -2.53. The number of hydrogen-bond donors (Lipinski definition) is 3. The van der Waals surface area contributed by atoms with Crippen LogP contribution in [0.15, 0.2) is 18.2 Å². The minimum absolute atomic E-state index is 0.0207. The van der Waals surface area contributed by atoms with Gasteiger partial charge < -0.3 is 15.5 Å². The van der Waals surface area contributed by atoms with Crippen LogP contribution in [0.4, 0.5) is 5.69 Å². The molecule has 0 aliphatic carbocycles. The molecule has 2 unspecified atom stereocenters. The van der Waals surface area contributed by atoms with Gasteiger partial charge in [-0.1, -0.05) is 0 Å². The monoisotopic (exact) mass is 293 g/mol. The number of carbonyl (C=O) groups excluding carboxylic acids is 1. The zero-order valence-electron chi connectivity index (χ0n) is 11.3. The predicted molar refractivity (Wildman–Crippen MR) is 72.1 cm³/mol. The first-order valence-electron chi connectivity index (χ1n) is 6.15. The van der Waals surface area contributed by atoms with Crippen molar-refractivity contribution in [3.05, 3.63) is 39.4 Å².